The number of halogens is 1. The van der Waals surface area contributed by atoms with Gasteiger partial charge in [0.1, 0.15) is 11.4 Å². The maximum Gasteiger partial charge on any atom is 0.410 e. The average Bonchev–Trinajstić information content (AvgIpc) is 2.66. The van der Waals surface area contributed by atoms with Crippen molar-refractivity contribution in [2.75, 3.05) is 42.9 Å². The Morgan fingerprint density at radius 2 is 1.93 bits per heavy atom. The number of unbranched alkanes of at least 4 members (excludes halogenated alkanes) is 1. The number of amides is 1. The zero-order chi connectivity index (χ0) is 21.0. The molecule has 1 saturated heterocycles. The Hall–Kier alpha value is -2.21. The lowest BCUT2D eigenvalue weighted by Gasteiger charge is -2.37. The molecule has 1 aliphatic rings. The highest BCUT2D eigenvalue weighted by Crippen LogP contribution is 2.31. The highest BCUT2D eigenvalue weighted by Gasteiger charge is 2.26. The first-order chi connectivity index (χ1) is 13.8. The van der Waals surface area contributed by atoms with Crippen LogP contribution in [0, 0.1) is 0 Å². The summed E-state index contributed by atoms with van der Waals surface area (Å²) >= 11 is 6.21. The fourth-order valence-electron chi connectivity index (χ4n) is 3.39. The number of benzene rings is 1. The summed E-state index contributed by atoms with van der Waals surface area (Å²) in [6.07, 6.45) is 1.98. The van der Waals surface area contributed by atoms with Gasteiger partial charge in [-0.05, 0) is 45.4 Å². The van der Waals surface area contributed by atoms with Crippen LogP contribution in [-0.4, -0.2) is 54.3 Å². The molecule has 1 N–H and O–H groups in total. The minimum atomic E-state index is -0.478. The summed E-state index contributed by atoms with van der Waals surface area (Å²) in [5, 5.41) is 5.17. The minimum absolute atomic E-state index is 0.245. The van der Waals surface area contributed by atoms with Crippen molar-refractivity contribution in [3.8, 4) is 0 Å². The summed E-state index contributed by atoms with van der Waals surface area (Å²) in [6, 6.07) is 7.93. The number of hydrogen-bond acceptors (Lipinski definition) is 5. The highest BCUT2D eigenvalue weighted by molar-refractivity contribution is 6.31. The van der Waals surface area contributed by atoms with Crippen molar-refractivity contribution in [2.45, 2.75) is 46.1 Å². The number of fused-ring (bicyclic) bond motifs is 1. The second-order valence-corrected chi connectivity index (χ2v) is 8.86. The molecule has 2 heterocycles. The van der Waals surface area contributed by atoms with Gasteiger partial charge in [0.25, 0.3) is 0 Å². The van der Waals surface area contributed by atoms with E-state index in [1.165, 1.54) is 0 Å². The second-order valence-electron chi connectivity index (χ2n) is 8.42. The van der Waals surface area contributed by atoms with E-state index < -0.39 is 5.60 Å². The molecule has 6 nitrogen and oxygen atoms in total. The van der Waals surface area contributed by atoms with Gasteiger partial charge in [-0.2, -0.15) is 0 Å². The third kappa shape index (κ3) is 5.66. The van der Waals surface area contributed by atoms with Crippen LogP contribution in [0.2, 0.25) is 5.02 Å². The summed E-state index contributed by atoms with van der Waals surface area (Å²) in [5.74, 6) is 0.859. The van der Waals surface area contributed by atoms with E-state index in [2.05, 4.69) is 23.2 Å². The van der Waals surface area contributed by atoms with Crippen LogP contribution in [0.4, 0.5) is 16.3 Å². The van der Waals surface area contributed by atoms with Gasteiger partial charge in [0.15, 0.2) is 0 Å². The number of carbonyl (C=O) groups is 1. The molecule has 0 radical (unpaired) electrons. The van der Waals surface area contributed by atoms with Gasteiger partial charge in [-0.15, -0.1) is 0 Å². The monoisotopic (exact) mass is 418 g/mol. The molecule has 2 aromatic rings. The first-order valence-electron chi connectivity index (χ1n) is 10.3. The SMILES string of the molecule is CCCCNc1cc(N2CCN(C(=O)OC(C)(C)C)CC2)c2ccc(Cl)cc2n1. The summed E-state index contributed by atoms with van der Waals surface area (Å²) in [6.45, 7) is 11.5. The summed E-state index contributed by atoms with van der Waals surface area (Å²) < 4.78 is 5.51. The zero-order valence-electron chi connectivity index (χ0n) is 17.8. The van der Waals surface area contributed by atoms with Crippen molar-refractivity contribution < 1.29 is 9.53 Å². The zero-order valence-corrected chi connectivity index (χ0v) is 18.6. The average molecular weight is 419 g/mol. The Kier molecular flexibility index (Phi) is 6.73. The summed E-state index contributed by atoms with van der Waals surface area (Å²) in [5.41, 5.74) is 1.52. The summed E-state index contributed by atoms with van der Waals surface area (Å²) in [4.78, 5) is 21.2. The first kappa shape index (κ1) is 21.5. The number of piperazine rings is 1. The van der Waals surface area contributed by atoms with E-state index in [1.54, 1.807) is 4.90 Å². The Morgan fingerprint density at radius 3 is 2.59 bits per heavy atom. The van der Waals surface area contributed by atoms with E-state index >= 15 is 0 Å². The lowest BCUT2D eigenvalue weighted by Crippen LogP contribution is -2.50. The first-order valence-corrected chi connectivity index (χ1v) is 10.7. The van der Waals surface area contributed by atoms with Crippen molar-refractivity contribution >= 4 is 40.1 Å². The molecule has 0 aliphatic carbocycles. The van der Waals surface area contributed by atoms with Gasteiger partial charge < -0.3 is 19.9 Å². The van der Waals surface area contributed by atoms with Gasteiger partial charge in [0, 0.05) is 54.9 Å². The molecule has 0 bridgehead atoms. The largest absolute Gasteiger partial charge is 0.444 e. The Balaban J connectivity index is 1.79. The minimum Gasteiger partial charge on any atom is -0.444 e. The third-order valence-electron chi connectivity index (χ3n) is 4.86. The fraction of sp³-hybridized carbons (Fsp3) is 0.545. The van der Waals surface area contributed by atoms with Crippen molar-refractivity contribution in [1.29, 1.82) is 0 Å². The van der Waals surface area contributed by atoms with Gasteiger partial charge in [0.05, 0.1) is 5.52 Å². The Labute approximate surface area is 178 Å². The van der Waals surface area contributed by atoms with Crippen LogP contribution < -0.4 is 10.2 Å². The second kappa shape index (κ2) is 9.08. The van der Waals surface area contributed by atoms with Crippen molar-refractivity contribution in [3.05, 3.63) is 29.3 Å². The van der Waals surface area contributed by atoms with Gasteiger partial charge in [-0.3, -0.25) is 0 Å². The molecule has 0 atom stereocenters. The normalized spacial score (nSPS) is 14.9. The standard InChI is InChI=1S/C22H31ClN4O2/c1-5-6-9-24-20-15-19(17-8-7-16(23)14-18(17)25-20)26-10-12-27(13-11-26)21(28)29-22(2,3)4/h7-8,14-15H,5-6,9-13H2,1-4H3,(H,24,25). The molecule has 0 unspecified atom stereocenters. The fourth-order valence-corrected chi connectivity index (χ4v) is 3.55. The molecule has 29 heavy (non-hydrogen) atoms. The van der Waals surface area contributed by atoms with E-state index in [9.17, 15) is 4.79 Å². The molecular formula is C22H31ClN4O2. The number of nitrogens with one attached hydrogen (secondary N) is 1. The van der Waals surface area contributed by atoms with Crippen molar-refractivity contribution in [2.24, 2.45) is 0 Å². The van der Waals surface area contributed by atoms with E-state index in [4.69, 9.17) is 21.3 Å². The van der Waals surface area contributed by atoms with Crippen LogP contribution >= 0.6 is 11.6 Å². The molecule has 1 aromatic carbocycles. The van der Waals surface area contributed by atoms with E-state index in [1.807, 2.05) is 39.0 Å². The highest BCUT2D eigenvalue weighted by atomic mass is 35.5. The number of nitrogens with zero attached hydrogens (tertiary/aromatic N) is 3. The van der Waals surface area contributed by atoms with E-state index in [0.29, 0.717) is 18.1 Å². The molecule has 7 heteroatoms. The molecule has 158 valence electrons. The van der Waals surface area contributed by atoms with Gasteiger partial charge in [-0.1, -0.05) is 24.9 Å². The topological polar surface area (TPSA) is 57.7 Å². The number of aromatic nitrogens is 1. The third-order valence-corrected chi connectivity index (χ3v) is 5.09. The quantitative estimate of drug-likeness (QED) is 0.680. The van der Waals surface area contributed by atoms with Crippen LogP contribution in [-0.2, 0) is 4.74 Å². The van der Waals surface area contributed by atoms with Crippen molar-refractivity contribution in [1.82, 2.24) is 9.88 Å². The number of rotatable bonds is 5. The smallest absolute Gasteiger partial charge is 0.410 e. The summed E-state index contributed by atoms with van der Waals surface area (Å²) in [7, 11) is 0. The van der Waals surface area contributed by atoms with Gasteiger partial charge >= 0.3 is 6.09 Å². The molecular weight excluding hydrogens is 388 g/mol. The predicted octanol–water partition coefficient (Wildman–Crippen LogP) is 5.16. The van der Waals surface area contributed by atoms with E-state index in [0.717, 1.165) is 54.9 Å². The van der Waals surface area contributed by atoms with Crippen molar-refractivity contribution in [3.63, 3.8) is 0 Å². The predicted molar refractivity (Wildman–Crippen MR) is 120 cm³/mol. The van der Waals surface area contributed by atoms with Crippen LogP contribution in [0.5, 0.6) is 0 Å². The molecule has 3 rings (SSSR count). The molecule has 1 aliphatic heterocycles. The lowest BCUT2D eigenvalue weighted by atomic mass is 10.1. The number of ether oxygens (including phenoxy) is 1. The van der Waals surface area contributed by atoms with Crippen LogP contribution in [0.15, 0.2) is 24.3 Å². The Bertz CT molecular complexity index is 858. The molecule has 1 amide bonds. The molecule has 1 fully saturated rings. The number of carbonyl (C=O) groups excluding carboxylic acids is 1. The molecule has 0 saturated carbocycles. The Morgan fingerprint density at radius 1 is 1.21 bits per heavy atom. The maximum atomic E-state index is 12.4. The van der Waals surface area contributed by atoms with E-state index in [-0.39, 0.29) is 6.09 Å². The van der Waals surface area contributed by atoms with Crippen LogP contribution in [0.3, 0.4) is 0 Å². The van der Waals surface area contributed by atoms with Crippen LogP contribution in [0.1, 0.15) is 40.5 Å². The number of hydrogen-bond donors (Lipinski definition) is 1. The maximum absolute atomic E-state index is 12.4. The van der Waals surface area contributed by atoms with Gasteiger partial charge in [-0.25, -0.2) is 9.78 Å². The number of anilines is 2. The number of pyridine rings is 1. The molecule has 1 aromatic heterocycles. The lowest BCUT2D eigenvalue weighted by molar-refractivity contribution is 0.0240. The van der Waals surface area contributed by atoms with Gasteiger partial charge in [0.2, 0.25) is 0 Å². The molecule has 0 spiro atoms. The van der Waals surface area contributed by atoms with Crippen LogP contribution in [0.25, 0.3) is 10.9 Å².